The van der Waals surface area contributed by atoms with Gasteiger partial charge in [0.15, 0.2) is 0 Å². The average molecular weight is 273 g/mol. The van der Waals surface area contributed by atoms with Crippen molar-refractivity contribution in [3.63, 3.8) is 0 Å². The number of benzene rings is 1. The van der Waals surface area contributed by atoms with Gasteiger partial charge in [-0.1, -0.05) is 22.7 Å². The second-order valence-corrected chi connectivity index (χ2v) is 4.72. The summed E-state index contributed by atoms with van der Waals surface area (Å²) in [5, 5.41) is 17.0. The molecule has 0 aliphatic carbocycles. The number of anilines is 2. The van der Waals surface area contributed by atoms with E-state index in [-0.39, 0.29) is 0 Å². The van der Waals surface area contributed by atoms with Crippen LogP contribution in [-0.4, -0.2) is 23.2 Å². The number of nitriles is 1. The van der Waals surface area contributed by atoms with E-state index in [1.807, 2.05) is 37.4 Å². The van der Waals surface area contributed by atoms with Crippen LogP contribution in [0.25, 0.3) is 0 Å². The molecule has 19 heavy (non-hydrogen) atoms. The third-order valence-electron chi connectivity index (χ3n) is 2.74. The van der Waals surface area contributed by atoms with Gasteiger partial charge in [-0.15, -0.1) is 5.10 Å². The van der Waals surface area contributed by atoms with Gasteiger partial charge in [0.05, 0.1) is 19.0 Å². The first-order valence-electron chi connectivity index (χ1n) is 6.01. The first kappa shape index (κ1) is 13.3. The maximum atomic E-state index is 8.77. The SMILES string of the molecule is CNc1snnc1CN(CCC#N)c1ccccc1. The summed E-state index contributed by atoms with van der Waals surface area (Å²) in [6.07, 6.45) is 0.487. The standard InChI is InChI=1S/C13H15N5S/c1-15-13-12(16-17-19-13)10-18(9-5-8-14)11-6-3-2-4-7-11/h2-4,6-7,15H,5,9-10H2,1H3. The Labute approximate surface area is 116 Å². The van der Waals surface area contributed by atoms with Crippen LogP contribution in [0.1, 0.15) is 12.1 Å². The predicted octanol–water partition coefficient (Wildman–Crippen LogP) is 2.50. The van der Waals surface area contributed by atoms with E-state index < -0.39 is 0 Å². The molecule has 0 saturated heterocycles. The van der Waals surface area contributed by atoms with Crippen molar-refractivity contribution in [3.8, 4) is 6.07 Å². The van der Waals surface area contributed by atoms with E-state index in [1.165, 1.54) is 11.5 Å². The highest BCUT2D eigenvalue weighted by Gasteiger charge is 2.12. The van der Waals surface area contributed by atoms with Gasteiger partial charge in [0.25, 0.3) is 0 Å². The molecule has 1 aromatic heterocycles. The van der Waals surface area contributed by atoms with Crippen molar-refractivity contribution in [2.24, 2.45) is 0 Å². The Balaban J connectivity index is 2.17. The summed E-state index contributed by atoms with van der Waals surface area (Å²) in [5.41, 5.74) is 2.00. The Morgan fingerprint density at radius 1 is 1.37 bits per heavy atom. The van der Waals surface area contributed by atoms with Crippen LogP contribution in [0, 0.1) is 11.3 Å². The maximum absolute atomic E-state index is 8.77. The molecule has 1 N–H and O–H groups in total. The van der Waals surface area contributed by atoms with Gasteiger partial charge in [-0.2, -0.15) is 5.26 Å². The fourth-order valence-corrected chi connectivity index (χ4v) is 2.33. The van der Waals surface area contributed by atoms with Gasteiger partial charge in [-0.3, -0.25) is 0 Å². The second-order valence-electron chi connectivity index (χ2n) is 3.96. The quantitative estimate of drug-likeness (QED) is 0.876. The van der Waals surface area contributed by atoms with Crippen LogP contribution in [0.5, 0.6) is 0 Å². The van der Waals surface area contributed by atoms with Crippen LogP contribution in [0.4, 0.5) is 10.7 Å². The molecule has 0 bridgehead atoms. The molecule has 0 amide bonds. The van der Waals surface area contributed by atoms with Gasteiger partial charge in [-0.25, -0.2) is 0 Å². The molecule has 0 fully saturated rings. The first-order chi connectivity index (χ1) is 9.35. The van der Waals surface area contributed by atoms with Crippen molar-refractivity contribution in [1.29, 1.82) is 5.26 Å². The second kappa shape index (κ2) is 6.71. The van der Waals surface area contributed by atoms with E-state index in [0.29, 0.717) is 19.5 Å². The molecule has 2 rings (SSSR count). The van der Waals surface area contributed by atoms with E-state index in [4.69, 9.17) is 5.26 Å². The van der Waals surface area contributed by atoms with E-state index in [0.717, 1.165) is 16.4 Å². The summed E-state index contributed by atoms with van der Waals surface area (Å²) < 4.78 is 3.96. The van der Waals surface area contributed by atoms with Gasteiger partial charge in [0.2, 0.25) is 0 Å². The molecule has 0 aliphatic rings. The number of para-hydroxylation sites is 1. The predicted molar refractivity (Wildman–Crippen MR) is 77.2 cm³/mol. The third-order valence-corrected chi connectivity index (χ3v) is 3.52. The number of hydrogen-bond acceptors (Lipinski definition) is 6. The zero-order valence-electron chi connectivity index (χ0n) is 10.7. The van der Waals surface area contributed by atoms with Gasteiger partial charge in [-0.05, 0) is 12.1 Å². The van der Waals surface area contributed by atoms with Crippen molar-refractivity contribution in [2.75, 3.05) is 23.8 Å². The molecule has 2 aromatic rings. The molecule has 0 radical (unpaired) electrons. The summed E-state index contributed by atoms with van der Waals surface area (Å²) in [7, 11) is 1.86. The number of hydrogen-bond donors (Lipinski definition) is 1. The minimum Gasteiger partial charge on any atom is -0.377 e. The Morgan fingerprint density at radius 3 is 2.84 bits per heavy atom. The van der Waals surface area contributed by atoms with Crippen LogP contribution in [0.15, 0.2) is 30.3 Å². The van der Waals surface area contributed by atoms with Crippen molar-refractivity contribution >= 4 is 22.2 Å². The van der Waals surface area contributed by atoms with Crippen LogP contribution in [0.3, 0.4) is 0 Å². The summed E-state index contributed by atoms with van der Waals surface area (Å²) in [5.74, 6) is 0. The number of nitrogens with zero attached hydrogens (tertiary/aromatic N) is 4. The molecular formula is C13H15N5S. The maximum Gasteiger partial charge on any atom is 0.134 e. The van der Waals surface area contributed by atoms with Gasteiger partial charge in [0.1, 0.15) is 10.7 Å². The van der Waals surface area contributed by atoms with E-state index in [9.17, 15) is 0 Å². The molecule has 1 heterocycles. The lowest BCUT2D eigenvalue weighted by molar-refractivity contribution is 0.777. The van der Waals surface area contributed by atoms with E-state index >= 15 is 0 Å². The van der Waals surface area contributed by atoms with Crippen LogP contribution in [-0.2, 0) is 6.54 Å². The smallest absolute Gasteiger partial charge is 0.134 e. The lowest BCUT2D eigenvalue weighted by Gasteiger charge is -2.23. The number of aromatic nitrogens is 2. The highest BCUT2D eigenvalue weighted by molar-refractivity contribution is 7.10. The molecular weight excluding hydrogens is 258 g/mol. The van der Waals surface area contributed by atoms with E-state index in [2.05, 4.69) is 25.9 Å². The lowest BCUT2D eigenvalue weighted by Crippen LogP contribution is -2.24. The molecule has 0 unspecified atom stereocenters. The van der Waals surface area contributed by atoms with Gasteiger partial charge < -0.3 is 10.2 Å². The molecule has 5 nitrogen and oxygen atoms in total. The topological polar surface area (TPSA) is 64.8 Å². The Kier molecular flexibility index (Phi) is 4.70. The molecule has 0 atom stereocenters. The summed E-state index contributed by atoms with van der Waals surface area (Å²) in [6, 6.07) is 12.2. The molecule has 0 saturated carbocycles. The Morgan fingerprint density at radius 2 is 2.16 bits per heavy atom. The van der Waals surface area contributed by atoms with Crippen LogP contribution in [0.2, 0.25) is 0 Å². The summed E-state index contributed by atoms with van der Waals surface area (Å²) >= 11 is 1.35. The molecule has 98 valence electrons. The van der Waals surface area contributed by atoms with Crippen molar-refractivity contribution in [1.82, 2.24) is 9.59 Å². The van der Waals surface area contributed by atoms with Gasteiger partial charge in [0, 0.05) is 30.8 Å². The van der Waals surface area contributed by atoms with Crippen molar-refractivity contribution in [2.45, 2.75) is 13.0 Å². The zero-order valence-corrected chi connectivity index (χ0v) is 11.5. The summed E-state index contributed by atoms with van der Waals surface area (Å²) in [4.78, 5) is 2.14. The van der Waals surface area contributed by atoms with Crippen LogP contribution >= 0.6 is 11.5 Å². The highest BCUT2D eigenvalue weighted by Crippen LogP contribution is 2.22. The Bertz CT molecular complexity index is 546. The lowest BCUT2D eigenvalue weighted by atomic mass is 10.2. The highest BCUT2D eigenvalue weighted by atomic mass is 32.1. The first-order valence-corrected chi connectivity index (χ1v) is 6.78. The zero-order chi connectivity index (χ0) is 13.5. The molecule has 6 heteroatoms. The van der Waals surface area contributed by atoms with Gasteiger partial charge >= 0.3 is 0 Å². The van der Waals surface area contributed by atoms with Crippen molar-refractivity contribution < 1.29 is 0 Å². The number of rotatable bonds is 6. The van der Waals surface area contributed by atoms with E-state index in [1.54, 1.807) is 0 Å². The van der Waals surface area contributed by atoms with Crippen molar-refractivity contribution in [3.05, 3.63) is 36.0 Å². The monoisotopic (exact) mass is 273 g/mol. The fraction of sp³-hybridized carbons (Fsp3) is 0.308. The molecule has 0 aliphatic heterocycles. The molecule has 0 spiro atoms. The fourth-order valence-electron chi connectivity index (χ4n) is 1.81. The Hall–Kier alpha value is -2.13. The number of nitrogens with one attached hydrogen (secondary N) is 1. The molecule has 1 aromatic carbocycles. The third kappa shape index (κ3) is 3.42. The minimum absolute atomic E-state index is 0.487. The average Bonchev–Trinajstić information content (AvgIpc) is 2.91. The largest absolute Gasteiger partial charge is 0.377 e. The van der Waals surface area contributed by atoms with Crippen LogP contribution < -0.4 is 10.2 Å². The summed E-state index contributed by atoms with van der Waals surface area (Å²) in [6.45, 7) is 1.33. The normalized spacial score (nSPS) is 9.89. The minimum atomic E-state index is 0.487.